The summed E-state index contributed by atoms with van der Waals surface area (Å²) in [4.78, 5) is 61.7. The molecule has 11 nitrogen and oxygen atoms in total. The first-order valence-corrected chi connectivity index (χ1v) is 18.2. The lowest BCUT2D eigenvalue weighted by molar-refractivity contribution is -0.133. The molecule has 4 atom stereocenters. The van der Waals surface area contributed by atoms with Crippen LogP contribution in [0.5, 0.6) is 0 Å². The molecule has 1 aliphatic carbocycles. The maximum atomic E-state index is 14.3. The van der Waals surface area contributed by atoms with Crippen molar-refractivity contribution in [2.24, 2.45) is 17.4 Å². The fourth-order valence-electron chi connectivity index (χ4n) is 7.02. The van der Waals surface area contributed by atoms with E-state index < -0.39 is 47.8 Å². The maximum Gasteiger partial charge on any atom is 0.243 e. The lowest BCUT2D eigenvalue weighted by Gasteiger charge is -2.27. The number of aromatic amines is 2. The van der Waals surface area contributed by atoms with Crippen LogP contribution in [0.4, 0.5) is 0 Å². The average Bonchev–Trinajstić information content (AvgIpc) is 3.89. The van der Waals surface area contributed by atoms with Gasteiger partial charge in [-0.15, -0.1) is 11.3 Å². The molecule has 50 heavy (non-hydrogen) atoms. The van der Waals surface area contributed by atoms with Crippen LogP contribution in [0, 0.1) is 5.92 Å². The number of hydrogen-bond acceptors (Lipinski definition) is 6. The highest BCUT2D eigenvalue weighted by Crippen LogP contribution is 2.27. The van der Waals surface area contributed by atoms with Crippen LogP contribution in [0.3, 0.4) is 0 Å². The minimum atomic E-state index is -1.09. The van der Waals surface area contributed by atoms with Crippen molar-refractivity contribution >= 4 is 56.8 Å². The van der Waals surface area contributed by atoms with Gasteiger partial charge in [0.2, 0.25) is 23.6 Å². The van der Waals surface area contributed by atoms with Gasteiger partial charge in [-0.2, -0.15) is 0 Å². The number of thiophene rings is 1. The Kier molecular flexibility index (Phi) is 11.3. The van der Waals surface area contributed by atoms with Crippen molar-refractivity contribution in [2.45, 2.75) is 82.0 Å². The van der Waals surface area contributed by atoms with E-state index in [2.05, 4.69) is 25.9 Å². The molecule has 0 unspecified atom stereocenters. The Morgan fingerprint density at radius 2 is 1.24 bits per heavy atom. The summed E-state index contributed by atoms with van der Waals surface area (Å²) in [5.41, 5.74) is 15.6. The normalized spacial score (nSPS) is 16.0. The van der Waals surface area contributed by atoms with E-state index in [4.69, 9.17) is 11.5 Å². The first-order valence-electron chi connectivity index (χ1n) is 17.3. The molecule has 5 aromatic rings. The van der Waals surface area contributed by atoms with Gasteiger partial charge in [-0.25, -0.2) is 0 Å². The predicted molar refractivity (Wildman–Crippen MR) is 196 cm³/mol. The second-order valence-electron chi connectivity index (χ2n) is 13.3. The highest BCUT2D eigenvalue weighted by Gasteiger charge is 2.32. The molecular weight excluding hydrogens is 651 g/mol. The third-order valence-corrected chi connectivity index (χ3v) is 10.7. The SMILES string of the molecule is NC(=O)[C@H](Cc1cccs1)NC(=O)[C@H](Cc1c[nH]c2ccccc12)NC(=O)[C@@H](Cc1c[nH]c2ccccc12)NC(=O)[C@@H](N)CC1CCCCC1. The fraction of sp³-hybridized carbons (Fsp3) is 0.368. The van der Waals surface area contributed by atoms with Crippen molar-refractivity contribution in [2.75, 3.05) is 0 Å². The molecule has 1 aliphatic rings. The van der Waals surface area contributed by atoms with Gasteiger partial charge >= 0.3 is 0 Å². The van der Waals surface area contributed by atoms with Gasteiger partial charge in [0.25, 0.3) is 0 Å². The van der Waals surface area contributed by atoms with Crippen molar-refractivity contribution in [3.05, 3.63) is 94.4 Å². The van der Waals surface area contributed by atoms with Crippen molar-refractivity contribution in [1.82, 2.24) is 25.9 Å². The van der Waals surface area contributed by atoms with Gasteiger partial charge in [0, 0.05) is 58.3 Å². The van der Waals surface area contributed by atoms with Crippen LogP contribution in [0.1, 0.15) is 54.5 Å². The van der Waals surface area contributed by atoms with E-state index >= 15 is 0 Å². The average molecular weight is 696 g/mol. The van der Waals surface area contributed by atoms with Crippen LogP contribution in [-0.4, -0.2) is 57.8 Å². The summed E-state index contributed by atoms with van der Waals surface area (Å²) in [6, 6.07) is 15.3. The number of primary amides is 1. The Bertz CT molecular complexity index is 1930. The molecule has 3 heterocycles. The van der Waals surface area contributed by atoms with E-state index in [0.29, 0.717) is 12.3 Å². The zero-order valence-corrected chi connectivity index (χ0v) is 28.8. The summed E-state index contributed by atoms with van der Waals surface area (Å²) in [7, 11) is 0. The van der Waals surface area contributed by atoms with Crippen LogP contribution in [0.2, 0.25) is 0 Å². The Morgan fingerprint density at radius 3 is 1.78 bits per heavy atom. The molecule has 1 saturated carbocycles. The van der Waals surface area contributed by atoms with Gasteiger partial charge in [-0.1, -0.05) is 74.6 Å². The minimum Gasteiger partial charge on any atom is -0.368 e. The van der Waals surface area contributed by atoms with E-state index in [0.717, 1.165) is 63.5 Å². The monoisotopic (exact) mass is 695 g/mol. The summed E-state index contributed by atoms with van der Waals surface area (Å²) >= 11 is 1.46. The van der Waals surface area contributed by atoms with E-state index in [9.17, 15) is 19.2 Å². The zero-order chi connectivity index (χ0) is 35.0. The van der Waals surface area contributed by atoms with Crippen molar-refractivity contribution in [1.29, 1.82) is 0 Å². The number of amides is 4. The smallest absolute Gasteiger partial charge is 0.243 e. The van der Waals surface area contributed by atoms with Gasteiger partial charge in [-0.3, -0.25) is 19.2 Å². The number of carbonyl (C=O) groups is 4. The molecule has 12 heteroatoms. The predicted octanol–water partition coefficient (Wildman–Crippen LogP) is 3.98. The second kappa shape index (κ2) is 16.2. The Hall–Kier alpha value is -4.94. The Labute approximate surface area is 295 Å². The lowest BCUT2D eigenvalue weighted by atomic mass is 9.85. The standard InChI is InChI=1S/C38H45N7O4S/c39-29(17-23-9-2-1-3-10-23)36(47)44-33(18-24-21-41-30-14-6-4-12-27(24)30)38(49)45-34(19-25-22-42-31-15-7-5-13-28(25)31)37(48)43-32(35(40)46)20-26-11-8-16-50-26/h4-8,11-16,21-23,29,32-34,41-42H,1-3,9-10,17-20,39H2,(H2,40,46)(H,43,48)(H,44,47)(H,45,49)/t29-,32-,33+,34-/m0/s1. The molecule has 1 fully saturated rings. The van der Waals surface area contributed by atoms with Gasteiger partial charge in [0.1, 0.15) is 18.1 Å². The summed E-state index contributed by atoms with van der Waals surface area (Å²) in [5, 5.41) is 12.4. The van der Waals surface area contributed by atoms with Crippen molar-refractivity contribution < 1.29 is 19.2 Å². The summed E-state index contributed by atoms with van der Waals surface area (Å²) < 4.78 is 0. The topological polar surface area (TPSA) is 188 Å². The van der Waals surface area contributed by atoms with Crippen LogP contribution < -0.4 is 27.4 Å². The third kappa shape index (κ3) is 8.61. The maximum absolute atomic E-state index is 14.3. The van der Waals surface area contributed by atoms with E-state index in [1.54, 1.807) is 0 Å². The van der Waals surface area contributed by atoms with E-state index in [1.165, 1.54) is 17.8 Å². The van der Waals surface area contributed by atoms with Crippen molar-refractivity contribution in [3.8, 4) is 0 Å². The molecule has 3 aromatic heterocycles. The number of nitrogens with one attached hydrogen (secondary N) is 5. The van der Waals surface area contributed by atoms with Gasteiger partial charge in [0.05, 0.1) is 6.04 Å². The molecule has 9 N–H and O–H groups in total. The first kappa shape index (κ1) is 34.9. The summed E-state index contributed by atoms with van der Waals surface area (Å²) in [6.07, 6.45) is 10.3. The largest absolute Gasteiger partial charge is 0.368 e. The minimum absolute atomic E-state index is 0.126. The van der Waals surface area contributed by atoms with E-state index in [-0.39, 0.29) is 19.3 Å². The van der Waals surface area contributed by atoms with Crippen LogP contribution >= 0.6 is 11.3 Å². The Morgan fingerprint density at radius 1 is 0.700 bits per heavy atom. The summed E-state index contributed by atoms with van der Waals surface area (Å²) in [6.45, 7) is 0. The Balaban J connectivity index is 1.26. The molecule has 2 aromatic carbocycles. The second-order valence-corrected chi connectivity index (χ2v) is 14.4. The number of hydrogen-bond donors (Lipinski definition) is 7. The highest BCUT2D eigenvalue weighted by atomic mass is 32.1. The lowest BCUT2D eigenvalue weighted by Crippen LogP contribution is -2.58. The molecule has 0 saturated heterocycles. The molecule has 6 rings (SSSR count). The van der Waals surface area contributed by atoms with Crippen LogP contribution in [0.15, 0.2) is 78.4 Å². The zero-order valence-electron chi connectivity index (χ0n) is 28.0. The molecule has 0 spiro atoms. The van der Waals surface area contributed by atoms with E-state index in [1.807, 2.05) is 78.4 Å². The highest BCUT2D eigenvalue weighted by molar-refractivity contribution is 7.09. The number of carbonyl (C=O) groups excluding carboxylic acids is 4. The molecule has 4 amide bonds. The van der Waals surface area contributed by atoms with Gasteiger partial charge in [-0.05, 0) is 47.0 Å². The number of benzene rings is 2. The van der Waals surface area contributed by atoms with Crippen LogP contribution in [0.25, 0.3) is 21.8 Å². The molecule has 262 valence electrons. The number of para-hydroxylation sites is 2. The van der Waals surface area contributed by atoms with Crippen molar-refractivity contribution in [3.63, 3.8) is 0 Å². The number of rotatable bonds is 15. The van der Waals surface area contributed by atoms with Gasteiger partial charge in [0.15, 0.2) is 0 Å². The number of fused-ring (bicyclic) bond motifs is 2. The molecule has 0 radical (unpaired) electrons. The molecule has 0 aliphatic heterocycles. The fourth-order valence-corrected chi connectivity index (χ4v) is 7.78. The quantitative estimate of drug-likeness (QED) is 0.0871. The summed E-state index contributed by atoms with van der Waals surface area (Å²) in [5.74, 6) is -1.81. The molecular formula is C38H45N7O4S. The third-order valence-electron chi connectivity index (χ3n) is 9.76. The van der Waals surface area contributed by atoms with Gasteiger partial charge < -0.3 is 37.4 Å². The number of H-pyrrole nitrogens is 2. The first-order chi connectivity index (χ1) is 24.2. The number of aromatic nitrogens is 2. The molecule has 0 bridgehead atoms. The number of nitrogens with two attached hydrogens (primary N) is 2. The van der Waals surface area contributed by atoms with Crippen LogP contribution in [-0.2, 0) is 38.4 Å².